The Hall–Kier alpha value is -2.84. The summed E-state index contributed by atoms with van der Waals surface area (Å²) in [6.45, 7) is 0. The van der Waals surface area contributed by atoms with Crippen molar-refractivity contribution in [1.29, 1.82) is 0 Å². The van der Waals surface area contributed by atoms with Crippen LogP contribution in [-0.4, -0.2) is 34.4 Å². The van der Waals surface area contributed by atoms with Gasteiger partial charge in [0.05, 0.1) is 5.56 Å². The maximum atomic E-state index is 12.5. The van der Waals surface area contributed by atoms with Gasteiger partial charge >= 0.3 is 12.4 Å². The number of alkyl halides is 3. The standard InChI is InChI=1S/C18H18F3N3O3/c19-18(20,21)27-15-5-2-1-4-14(15)16(25)24-12-6-8-13(9-7-12)26-17-22-10-3-11-23-17/h1-5,10-13H,6-9H2,(H,24,25). The van der Waals surface area contributed by atoms with E-state index in [-0.39, 0.29) is 17.7 Å². The predicted molar refractivity (Wildman–Crippen MR) is 89.3 cm³/mol. The van der Waals surface area contributed by atoms with E-state index in [0.29, 0.717) is 31.7 Å². The quantitative estimate of drug-likeness (QED) is 0.858. The molecule has 0 radical (unpaired) electrons. The first-order valence-electron chi connectivity index (χ1n) is 8.50. The highest BCUT2D eigenvalue weighted by molar-refractivity contribution is 5.97. The molecule has 1 aliphatic rings. The van der Waals surface area contributed by atoms with Crippen LogP contribution < -0.4 is 14.8 Å². The topological polar surface area (TPSA) is 73.3 Å². The molecule has 6 nitrogen and oxygen atoms in total. The Bertz CT molecular complexity index is 763. The number of rotatable bonds is 5. The van der Waals surface area contributed by atoms with Gasteiger partial charge in [0.1, 0.15) is 11.9 Å². The van der Waals surface area contributed by atoms with Crippen molar-refractivity contribution in [2.24, 2.45) is 0 Å². The second kappa shape index (κ2) is 8.24. The fraction of sp³-hybridized carbons (Fsp3) is 0.389. The van der Waals surface area contributed by atoms with Gasteiger partial charge in [-0.25, -0.2) is 9.97 Å². The van der Waals surface area contributed by atoms with Gasteiger partial charge in [-0.3, -0.25) is 4.79 Å². The van der Waals surface area contributed by atoms with Crippen molar-refractivity contribution in [3.63, 3.8) is 0 Å². The lowest BCUT2D eigenvalue weighted by molar-refractivity contribution is -0.274. The molecule has 0 spiro atoms. The van der Waals surface area contributed by atoms with E-state index in [1.165, 1.54) is 18.2 Å². The van der Waals surface area contributed by atoms with Crippen molar-refractivity contribution in [3.8, 4) is 11.8 Å². The summed E-state index contributed by atoms with van der Waals surface area (Å²) >= 11 is 0. The Kier molecular flexibility index (Phi) is 5.78. The van der Waals surface area contributed by atoms with Crippen molar-refractivity contribution in [2.45, 2.75) is 44.2 Å². The third-order valence-electron chi connectivity index (χ3n) is 4.18. The molecule has 3 rings (SSSR count). The summed E-state index contributed by atoms with van der Waals surface area (Å²) in [6.07, 6.45) is 0.931. The van der Waals surface area contributed by atoms with Crippen LogP contribution in [0.1, 0.15) is 36.0 Å². The van der Waals surface area contributed by atoms with Gasteiger partial charge in [-0.05, 0) is 43.9 Å². The number of carbonyl (C=O) groups excluding carboxylic acids is 1. The summed E-state index contributed by atoms with van der Waals surface area (Å²) in [6, 6.07) is 7.15. The van der Waals surface area contributed by atoms with Crippen LogP contribution in [0.25, 0.3) is 0 Å². The molecule has 0 aliphatic heterocycles. The number of nitrogens with one attached hydrogen (secondary N) is 1. The number of nitrogens with zero attached hydrogens (tertiary/aromatic N) is 2. The zero-order chi connectivity index (χ0) is 19.3. The first-order chi connectivity index (χ1) is 12.9. The number of carbonyl (C=O) groups is 1. The summed E-state index contributed by atoms with van der Waals surface area (Å²) in [5.41, 5.74) is -0.147. The fourth-order valence-corrected chi connectivity index (χ4v) is 2.95. The molecule has 1 saturated carbocycles. The zero-order valence-corrected chi connectivity index (χ0v) is 14.3. The van der Waals surface area contributed by atoms with Gasteiger partial charge in [-0.2, -0.15) is 0 Å². The first-order valence-corrected chi connectivity index (χ1v) is 8.50. The molecule has 1 amide bonds. The molecule has 2 aromatic rings. The molecule has 1 fully saturated rings. The summed E-state index contributed by atoms with van der Waals surface area (Å²) in [5.74, 6) is -1.11. The van der Waals surface area contributed by atoms with Crippen molar-refractivity contribution < 1.29 is 27.4 Å². The van der Waals surface area contributed by atoms with E-state index in [9.17, 15) is 18.0 Å². The molecule has 27 heavy (non-hydrogen) atoms. The second-order valence-electron chi connectivity index (χ2n) is 6.14. The Morgan fingerprint density at radius 1 is 1.04 bits per heavy atom. The summed E-state index contributed by atoms with van der Waals surface area (Å²) in [4.78, 5) is 20.4. The van der Waals surface area contributed by atoms with Crippen LogP contribution in [0, 0.1) is 0 Å². The molecule has 1 aromatic heterocycles. The number of ether oxygens (including phenoxy) is 2. The first kappa shape index (κ1) is 18.9. The van der Waals surface area contributed by atoms with Crippen molar-refractivity contribution in [1.82, 2.24) is 15.3 Å². The van der Waals surface area contributed by atoms with Crippen LogP contribution >= 0.6 is 0 Å². The number of amides is 1. The summed E-state index contributed by atoms with van der Waals surface area (Å²) in [5, 5.41) is 2.77. The number of hydrogen-bond donors (Lipinski definition) is 1. The van der Waals surface area contributed by atoms with Gasteiger partial charge in [0.2, 0.25) is 0 Å². The molecule has 1 aliphatic carbocycles. The number of para-hydroxylation sites is 1. The Morgan fingerprint density at radius 2 is 1.70 bits per heavy atom. The molecular formula is C18H18F3N3O3. The van der Waals surface area contributed by atoms with Gasteiger partial charge in [0.25, 0.3) is 5.91 Å². The highest BCUT2D eigenvalue weighted by Crippen LogP contribution is 2.27. The normalized spacial score (nSPS) is 20.0. The van der Waals surface area contributed by atoms with Crippen LogP contribution in [0.3, 0.4) is 0 Å². The van der Waals surface area contributed by atoms with Crippen molar-refractivity contribution in [3.05, 3.63) is 48.3 Å². The molecular weight excluding hydrogens is 363 g/mol. The second-order valence-corrected chi connectivity index (χ2v) is 6.14. The highest BCUT2D eigenvalue weighted by atomic mass is 19.4. The van der Waals surface area contributed by atoms with Gasteiger partial charge in [-0.15, -0.1) is 13.2 Å². The minimum Gasteiger partial charge on any atom is -0.460 e. The number of halogens is 3. The lowest BCUT2D eigenvalue weighted by atomic mass is 9.92. The highest BCUT2D eigenvalue weighted by Gasteiger charge is 2.33. The summed E-state index contributed by atoms with van der Waals surface area (Å²) in [7, 11) is 0. The molecule has 0 unspecified atom stereocenters. The molecule has 9 heteroatoms. The van der Waals surface area contributed by atoms with E-state index in [2.05, 4.69) is 20.0 Å². The molecule has 144 valence electrons. The molecule has 1 heterocycles. The van der Waals surface area contributed by atoms with Crippen LogP contribution in [0.5, 0.6) is 11.8 Å². The van der Waals surface area contributed by atoms with E-state index >= 15 is 0 Å². The SMILES string of the molecule is O=C(NC1CCC(Oc2ncccn2)CC1)c1ccccc1OC(F)(F)F. The average Bonchev–Trinajstić information content (AvgIpc) is 2.63. The van der Waals surface area contributed by atoms with Crippen LogP contribution in [-0.2, 0) is 0 Å². The summed E-state index contributed by atoms with van der Waals surface area (Å²) < 4.78 is 47.1. The van der Waals surface area contributed by atoms with E-state index in [1.807, 2.05) is 0 Å². The van der Waals surface area contributed by atoms with E-state index in [4.69, 9.17) is 4.74 Å². The van der Waals surface area contributed by atoms with Crippen LogP contribution in [0.15, 0.2) is 42.7 Å². The van der Waals surface area contributed by atoms with Gasteiger partial charge < -0.3 is 14.8 Å². The molecule has 0 saturated heterocycles. The smallest absolute Gasteiger partial charge is 0.460 e. The fourth-order valence-electron chi connectivity index (χ4n) is 2.95. The van der Waals surface area contributed by atoms with Gasteiger partial charge in [-0.1, -0.05) is 12.1 Å². The van der Waals surface area contributed by atoms with Crippen LogP contribution in [0.2, 0.25) is 0 Å². The largest absolute Gasteiger partial charge is 0.573 e. The van der Waals surface area contributed by atoms with Gasteiger partial charge in [0.15, 0.2) is 0 Å². The molecule has 1 aromatic carbocycles. The Morgan fingerprint density at radius 3 is 2.37 bits per heavy atom. The number of aromatic nitrogens is 2. The Labute approximate surface area is 153 Å². The molecule has 1 N–H and O–H groups in total. The molecule has 0 bridgehead atoms. The third kappa shape index (κ3) is 5.57. The van der Waals surface area contributed by atoms with Crippen molar-refractivity contribution in [2.75, 3.05) is 0 Å². The maximum Gasteiger partial charge on any atom is 0.573 e. The monoisotopic (exact) mass is 381 g/mol. The minimum absolute atomic E-state index is 0.0543. The predicted octanol–water partition coefficient (Wildman–Crippen LogP) is 3.50. The molecule has 0 atom stereocenters. The van der Waals surface area contributed by atoms with E-state index in [1.54, 1.807) is 18.5 Å². The lowest BCUT2D eigenvalue weighted by Gasteiger charge is -2.29. The van der Waals surface area contributed by atoms with E-state index < -0.39 is 18.0 Å². The van der Waals surface area contributed by atoms with Gasteiger partial charge in [0, 0.05) is 18.4 Å². The lowest BCUT2D eigenvalue weighted by Crippen LogP contribution is -2.40. The van der Waals surface area contributed by atoms with E-state index in [0.717, 1.165) is 6.07 Å². The number of hydrogen-bond acceptors (Lipinski definition) is 5. The minimum atomic E-state index is -4.86. The van der Waals surface area contributed by atoms with Crippen LogP contribution in [0.4, 0.5) is 13.2 Å². The number of benzene rings is 1. The third-order valence-corrected chi connectivity index (χ3v) is 4.18. The Balaban J connectivity index is 1.54. The average molecular weight is 381 g/mol. The van der Waals surface area contributed by atoms with Crippen molar-refractivity contribution >= 4 is 5.91 Å². The zero-order valence-electron chi connectivity index (χ0n) is 14.3. The maximum absolute atomic E-state index is 12.5.